The summed E-state index contributed by atoms with van der Waals surface area (Å²) >= 11 is 0. The summed E-state index contributed by atoms with van der Waals surface area (Å²) in [6.45, 7) is 2.74. The third-order valence-corrected chi connectivity index (χ3v) is 6.60. The second-order valence-electron chi connectivity index (χ2n) is 8.81. The highest BCUT2D eigenvalue weighted by Gasteiger charge is 2.30. The molecule has 0 saturated heterocycles. The molecule has 6 heteroatoms. The number of hydrogen-bond donors (Lipinski definition) is 1. The molecule has 0 radical (unpaired) electrons. The van der Waals surface area contributed by atoms with Gasteiger partial charge in [-0.1, -0.05) is 78.9 Å². The van der Waals surface area contributed by atoms with E-state index in [0.717, 1.165) is 27.4 Å². The standard InChI is InChI=1S/C30H27N3O3/c1-2-32(27(30(35)36)17-21-11-5-3-6-12-21)29(34)25-18-24-23-15-9-10-16-26(23)33(28(24)19-31-25)20-22-13-7-4-8-14-22/h3-16,18-19,27H,2,17,20H2,1H3,(H,35,36)/t27-/m0/s1. The number of hydrogen-bond acceptors (Lipinski definition) is 3. The molecule has 5 aromatic rings. The van der Waals surface area contributed by atoms with Crippen LogP contribution in [0, 0.1) is 0 Å². The summed E-state index contributed by atoms with van der Waals surface area (Å²) in [5.41, 5.74) is 4.26. The van der Waals surface area contributed by atoms with Crippen molar-refractivity contribution < 1.29 is 14.7 Å². The number of carbonyl (C=O) groups is 2. The zero-order chi connectivity index (χ0) is 25.1. The number of para-hydroxylation sites is 1. The number of carboxylic acids is 1. The largest absolute Gasteiger partial charge is 0.480 e. The van der Waals surface area contributed by atoms with Crippen molar-refractivity contribution in [3.8, 4) is 0 Å². The molecule has 0 aliphatic rings. The fourth-order valence-corrected chi connectivity index (χ4v) is 4.82. The molecule has 2 aromatic heterocycles. The van der Waals surface area contributed by atoms with Gasteiger partial charge in [-0.05, 0) is 30.2 Å². The van der Waals surface area contributed by atoms with Gasteiger partial charge in [-0.3, -0.25) is 4.79 Å². The van der Waals surface area contributed by atoms with Crippen molar-refractivity contribution in [3.05, 3.63) is 114 Å². The number of benzene rings is 3. The van der Waals surface area contributed by atoms with Crippen molar-refractivity contribution in [2.45, 2.75) is 25.9 Å². The van der Waals surface area contributed by atoms with Crippen LogP contribution < -0.4 is 0 Å². The van der Waals surface area contributed by atoms with Crippen LogP contribution in [0.25, 0.3) is 21.8 Å². The Hall–Kier alpha value is -4.45. The number of pyridine rings is 1. The van der Waals surface area contributed by atoms with Crippen LogP contribution in [0.5, 0.6) is 0 Å². The molecule has 180 valence electrons. The maximum absolute atomic E-state index is 13.6. The number of carboxylic acid groups (broad SMARTS) is 1. The maximum Gasteiger partial charge on any atom is 0.326 e. The van der Waals surface area contributed by atoms with Gasteiger partial charge in [0.15, 0.2) is 0 Å². The Morgan fingerprint density at radius 2 is 1.50 bits per heavy atom. The Morgan fingerprint density at radius 3 is 2.17 bits per heavy atom. The number of fused-ring (bicyclic) bond motifs is 3. The first-order chi connectivity index (χ1) is 17.6. The van der Waals surface area contributed by atoms with Gasteiger partial charge in [0.25, 0.3) is 5.91 Å². The highest BCUT2D eigenvalue weighted by molar-refractivity contribution is 6.10. The zero-order valence-electron chi connectivity index (χ0n) is 20.0. The van der Waals surface area contributed by atoms with E-state index in [4.69, 9.17) is 0 Å². The molecule has 1 amide bonds. The van der Waals surface area contributed by atoms with Crippen LogP contribution in [-0.4, -0.2) is 44.0 Å². The van der Waals surface area contributed by atoms with Crippen molar-refractivity contribution in [2.24, 2.45) is 0 Å². The third kappa shape index (κ3) is 4.45. The number of aliphatic carboxylic acids is 1. The van der Waals surface area contributed by atoms with Crippen LogP contribution in [0.15, 0.2) is 97.2 Å². The monoisotopic (exact) mass is 477 g/mol. The Balaban J connectivity index is 1.54. The summed E-state index contributed by atoms with van der Waals surface area (Å²) in [6, 6.07) is 28.5. The van der Waals surface area contributed by atoms with Crippen LogP contribution in [0.4, 0.5) is 0 Å². The molecular weight excluding hydrogens is 450 g/mol. The molecule has 6 nitrogen and oxygen atoms in total. The van der Waals surface area contributed by atoms with Crippen LogP contribution in [-0.2, 0) is 17.8 Å². The van der Waals surface area contributed by atoms with Gasteiger partial charge in [0.05, 0.1) is 11.7 Å². The fraction of sp³-hybridized carbons (Fsp3) is 0.167. The molecule has 1 N–H and O–H groups in total. The lowest BCUT2D eigenvalue weighted by atomic mass is 10.0. The minimum absolute atomic E-state index is 0.231. The van der Waals surface area contributed by atoms with Crippen LogP contribution in [0.3, 0.4) is 0 Å². The molecule has 0 aliphatic carbocycles. The van der Waals surface area contributed by atoms with Crippen molar-refractivity contribution in [2.75, 3.05) is 6.54 Å². The first-order valence-corrected chi connectivity index (χ1v) is 12.1. The van der Waals surface area contributed by atoms with E-state index in [0.29, 0.717) is 6.54 Å². The molecule has 5 rings (SSSR count). The lowest BCUT2D eigenvalue weighted by Gasteiger charge is -2.27. The SMILES string of the molecule is CCN(C(=O)c1cc2c3ccccc3n(Cc3ccccc3)c2cn1)[C@@H](Cc1ccccc1)C(=O)O. The van der Waals surface area contributed by atoms with E-state index < -0.39 is 12.0 Å². The van der Waals surface area contributed by atoms with Crippen molar-refractivity contribution in [3.63, 3.8) is 0 Å². The normalized spacial score (nSPS) is 12.0. The number of amides is 1. The van der Waals surface area contributed by atoms with Crippen LogP contribution >= 0.6 is 0 Å². The quantitative estimate of drug-likeness (QED) is 0.325. The van der Waals surface area contributed by atoms with E-state index in [2.05, 4.69) is 27.8 Å². The predicted molar refractivity (Wildman–Crippen MR) is 141 cm³/mol. The van der Waals surface area contributed by atoms with E-state index in [9.17, 15) is 14.7 Å². The fourth-order valence-electron chi connectivity index (χ4n) is 4.82. The summed E-state index contributed by atoms with van der Waals surface area (Å²) in [7, 11) is 0. The van der Waals surface area contributed by atoms with Crippen molar-refractivity contribution in [1.29, 1.82) is 0 Å². The van der Waals surface area contributed by atoms with E-state index in [1.54, 1.807) is 19.2 Å². The molecule has 2 heterocycles. The summed E-state index contributed by atoms with van der Waals surface area (Å²) < 4.78 is 2.20. The molecular formula is C30H27N3O3. The number of likely N-dealkylation sites (N-methyl/N-ethyl adjacent to an activating group) is 1. The van der Waals surface area contributed by atoms with Crippen LogP contribution in [0.1, 0.15) is 28.5 Å². The molecule has 0 fully saturated rings. The highest BCUT2D eigenvalue weighted by atomic mass is 16.4. The first kappa shape index (κ1) is 23.3. The molecule has 0 saturated carbocycles. The molecule has 0 spiro atoms. The minimum Gasteiger partial charge on any atom is -0.480 e. The second-order valence-corrected chi connectivity index (χ2v) is 8.81. The van der Waals surface area contributed by atoms with Gasteiger partial charge >= 0.3 is 5.97 Å². The second kappa shape index (κ2) is 10.0. The Labute approximate surface area is 209 Å². The summed E-state index contributed by atoms with van der Waals surface area (Å²) in [4.78, 5) is 31.7. The summed E-state index contributed by atoms with van der Waals surface area (Å²) in [5.74, 6) is -1.42. The maximum atomic E-state index is 13.6. The Bertz CT molecular complexity index is 1530. The summed E-state index contributed by atoms with van der Waals surface area (Å²) in [6.07, 6.45) is 1.96. The Morgan fingerprint density at radius 1 is 0.861 bits per heavy atom. The average Bonchev–Trinajstić information content (AvgIpc) is 3.22. The van der Waals surface area contributed by atoms with Gasteiger partial charge in [-0.2, -0.15) is 0 Å². The summed E-state index contributed by atoms with van der Waals surface area (Å²) in [5, 5.41) is 11.9. The predicted octanol–water partition coefficient (Wildman–Crippen LogP) is 5.40. The molecule has 3 aromatic carbocycles. The zero-order valence-corrected chi connectivity index (χ0v) is 20.0. The van der Waals surface area contributed by atoms with E-state index in [-0.39, 0.29) is 24.6 Å². The molecule has 1 atom stereocenters. The van der Waals surface area contributed by atoms with E-state index >= 15 is 0 Å². The molecule has 0 unspecified atom stereocenters. The third-order valence-electron chi connectivity index (χ3n) is 6.60. The molecule has 36 heavy (non-hydrogen) atoms. The number of nitrogens with zero attached hydrogens (tertiary/aromatic N) is 3. The van der Waals surface area contributed by atoms with Gasteiger partial charge in [0.1, 0.15) is 11.7 Å². The topological polar surface area (TPSA) is 75.4 Å². The average molecular weight is 478 g/mol. The lowest BCUT2D eigenvalue weighted by molar-refractivity contribution is -0.142. The van der Waals surface area contributed by atoms with E-state index in [1.165, 1.54) is 10.5 Å². The van der Waals surface area contributed by atoms with Crippen molar-refractivity contribution >= 4 is 33.7 Å². The number of aromatic nitrogens is 2. The highest BCUT2D eigenvalue weighted by Crippen LogP contribution is 2.30. The van der Waals surface area contributed by atoms with Gasteiger partial charge in [0.2, 0.25) is 0 Å². The lowest BCUT2D eigenvalue weighted by Crippen LogP contribution is -2.46. The van der Waals surface area contributed by atoms with Gasteiger partial charge in [-0.25, -0.2) is 9.78 Å². The van der Waals surface area contributed by atoms with Gasteiger partial charge in [0, 0.05) is 35.8 Å². The van der Waals surface area contributed by atoms with Gasteiger partial charge in [-0.15, -0.1) is 0 Å². The number of rotatable bonds is 8. The molecule has 0 aliphatic heterocycles. The van der Waals surface area contributed by atoms with Crippen LogP contribution in [0.2, 0.25) is 0 Å². The smallest absolute Gasteiger partial charge is 0.326 e. The molecule has 0 bridgehead atoms. The van der Waals surface area contributed by atoms with Crippen molar-refractivity contribution in [1.82, 2.24) is 14.5 Å². The first-order valence-electron chi connectivity index (χ1n) is 12.1. The number of carbonyl (C=O) groups excluding carboxylic acids is 1. The van der Waals surface area contributed by atoms with E-state index in [1.807, 2.05) is 66.7 Å². The van der Waals surface area contributed by atoms with Gasteiger partial charge < -0.3 is 14.6 Å². The minimum atomic E-state index is -1.03. The Kier molecular flexibility index (Phi) is 6.50.